The Morgan fingerprint density at radius 1 is 1.07 bits per heavy atom. The summed E-state index contributed by atoms with van der Waals surface area (Å²) in [7, 11) is -2.08. The molecular formula is C20H21N3O3S. The van der Waals surface area contributed by atoms with Crippen LogP contribution in [0.4, 0.5) is 5.69 Å². The zero-order chi connectivity index (χ0) is 19.6. The Balaban J connectivity index is 1.94. The summed E-state index contributed by atoms with van der Waals surface area (Å²) in [6.45, 7) is 3.98. The first-order chi connectivity index (χ1) is 12.8. The van der Waals surface area contributed by atoms with E-state index in [0.29, 0.717) is 0 Å². The van der Waals surface area contributed by atoms with Crippen molar-refractivity contribution in [1.82, 2.24) is 4.57 Å². The van der Waals surface area contributed by atoms with E-state index >= 15 is 0 Å². The summed E-state index contributed by atoms with van der Waals surface area (Å²) in [5, 5.41) is 5.16. The molecule has 0 bridgehead atoms. The average molecular weight is 383 g/mol. The number of hydrogen-bond acceptors (Lipinski definition) is 4. The monoisotopic (exact) mass is 383 g/mol. The molecule has 3 rings (SSSR count). The number of sulfonamides is 1. The third-order valence-electron chi connectivity index (χ3n) is 4.30. The molecule has 0 aliphatic carbocycles. The van der Waals surface area contributed by atoms with Gasteiger partial charge in [0.15, 0.2) is 0 Å². The van der Waals surface area contributed by atoms with E-state index < -0.39 is 10.0 Å². The Morgan fingerprint density at radius 2 is 1.78 bits per heavy atom. The van der Waals surface area contributed by atoms with Gasteiger partial charge in [0.2, 0.25) is 10.0 Å². The van der Waals surface area contributed by atoms with E-state index in [4.69, 9.17) is 9.88 Å². The molecule has 1 aromatic heterocycles. The van der Waals surface area contributed by atoms with Crippen LogP contribution in [0, 0.1) is 13.8 Å². The molecule has 2 aromatic carbocycles. The first-order valence-electron chi connectivity index (χ1n) is 8.30. The quantitative estimate of drug-likeness (QED) is 0.684. The topological polar surface area (TPSA) is 86.7 Å². The van der Waals surface area contributed by atoms with Gasteiger partial charge in [-0.2, -0.15) is 0 Å². The highest BCUT2D eigenvalue weighted by Crippen LogP contribution is 2.23. The van der Waals surface area contributed by atoms with Gasteiger partial charge in [0.05, 0.1) is 17.7 Å². The van der Waals surface area contributed by atoms with Crippen molar-refractivity contribution < 1.29 is 13.2 Å². The smallest absolute Gasteiger partial charge is 0.238 e. The van der Waals surface area contributed by atoms with Gasteiger partial charge in [-0.25, -0.2) is 13.6 Å². The maximum Gasteiger partial charge on any atom is 0.238 e. The van der Waals surface area contributed by atoms with Gasteiger partial charge < -0.3 is 9.30 Å². The molecule has 0 aliphatic rings. The van der Waals surface area contributed by atoms with Gasteiger partial charge in [-0.3, -0.25) is 4.99 Å². The van der Waals surface area contributed by atoms with Crippen LogP contribution in [-0.2, 0) is 10.0 Å². The first-order valence-corrected chi connectivity index (χ1v) is 9.84. The van der Waals surface area contributed by atoms with Gasteiger partial charge >= 0.3 is 0 Å². The predicted octanol–water partition coefficient (Wildman–Crippen LogP) is 3.50. The molecule has 3 aromatic rings. The highest BCUT2D eigenvalue weighted by Gasteiger charge is 2.12. The maximum absolute atomic E-state index is 11.4. The molecule has 0 amide bonds. The summed E-state index contributed by atoms with van der Waals surface area (Å²) >= 11 is 0. The number of rotatable bonds is 5. The Bertz CT molecular complexity index is 1100. The van der Waals surface area contributed by atoms with Gasteiger partial charge in [0, 0.05) is 34.9 Å². The molecule has 2 N–H and O–H groups in total. The van der Waals surface area contributed by atoms with Crippen molar-refractivity contribution in [2.24, 2.45) is 10.1 Å². The minimum Gasteiger partial charge on any atom is -0.497 e. The summed E-state index contributed by atoms with van der Waals surface area (Å²) in [4.78, 5) is 4.62. The molecule has 0 atom stereocenters. The Hall–Kier alpha value is -2.90. The molecule has 7 heteroatoms. The van der Waals surface area contributed by atoms with Crippen LogP contribution in [0.1, 0.15) is 17.0 Å². The fraction of sp³-hybridized carbons (Fsp3) is 0.150. The number of aliphatic imine (C=N–C) groups is 1. The third kappa shape index (κ3) is 4.10. The van der Waals surface area contributed by atoms with E-state index in [0.717, 1.165) is 34.1 Å². The molecule has 0 radical (unpaired) electrons. The summed E-state index contributed by atoms with van der Waals surface area (Å²) in [5.74, 6) is 0.755. The van der Waals surface area contributed by atoms with Crippen LogP contribution in [0.5, 0.6) is 5.75 Å². The first kappa shape index (κ1) is 18.9. The number of aryl methyl sites for hydroxylation is 1. The number of aromatic nitrogens is 1. The van der Waals surface area contributed by atoms with Gasteiger partial charge in [-0.15, -0.1) is 0 Å². The van der Waals surface area contributed by atoms with Crippen molar-refractivity contribution in [3.8, 4) is 11.4 Å². The molecule has 140 valence electrons. The minimum atomic E-state index is -3.70. The lowest BCUT2D eigenvalue weighted by Gasteiger charge is -2.10. The minimum absolute atomic E-state index is 0.0912. The second kappa shape index (κ2) is 7.38. The maximum atomic E-state index is 11.4. The summed E-state index contributed by atoms with van der Waals surface area (Å²) in [6.07, 6.45) is 1.81. The van der Waals surface area contributed by atoms with Gasteiger partial charge in [-0.1, -0.05) is 6.07 Å². The van der Waals surface area contributed by atoms with Crippen LogP contribution in [0.3, 0.4) is 0 Å². The number of primary sulfonamides is 1. The molecule has 0 fully saturated rings. The van der Waals surface area contributed by atoms with E-state index in [1.807, 2.05) is 55.0 Å². The van der Waals surface area contributed by atoms with Crippen molar-refractivity contribution in [2.75, 3.05) is 7.11 Å². The van der Waals surface area contributed by atoms with Crippen molar-refractivity contribution in [2.45, 2.75) is 18.7 Å². The normalized spacial score (nSPS) is 11.9. The fourth-order valence-corrected chi connectivity index (χ4v) is 3.45. The number of benzene rings is 2. The molecule has 0 spiro atoms. The SMILES string of the molecule is COc1cccc(N=Cc2cc(C)n(-c3ccc(S(N)(=O)=O)cc3)c2C)c1. The second-order valence-corrected chi connectivity index (χ2v) is 7.72. The fourth-order valence-electron chi connectivity index (χ4n) is 2.94. The van der Waals surface area contributed by atoms with E-state index in [9.17, 15) is 8.42 Å². The van der Waals surface area contributed by atoms with Crippen LogP contribution in [0.2, 0.25) is 0 Å². The van der Waals surface area contributed by atoms with E-state index in [1.165, 1.54) is 12.1 Å². The van der Waals surface area contributed by atoms with E-state index in [2.05, 4.69) is 4.99 Å². The van der Waals surface area contributed by atoms with Crippen LogP contribution in [-0.4, -0.2) is 26.3 Å². The van der Waals surface area contributed by atoms with Crippen molar-refractivity contribution in [3.05, 3.63) is 71.5 Å². The van der Waals surface area contributed by atoms with Gasteiger partial charge in [-0.05, 0) is 56.3 Å². The number of hydrogen-bond donors (Lipinski definition) is 1. The zero-order valence-electron chi connectivity index (χ0n) is 15.4. The average Bonchev–Trinajstić information content (AvgIpc) is 2.93. The number of methoxy groups -OCH3 is 1. The Labute approximate surface area is 159 Å². The molecule has 0 aliphatic heterocycles. The number of nitrogens with zero attached hydrogens (tertiary/aromatic N) is 2. The molecule has 0 unspecified atom stereocenters. The lowest BCUT2D eigenvalue weighted by Crippen LogP contribution is -2.12. The zero-order valence-corrected chi connectivity index (χ0v) is 16.2. The summed E-state index contributed by atoms with van der Waals surface area (Å²) in [6, 6.07) is 16.1. The van der Waals surface area contributed by atoms with Crippen LogP contribution >= 0.6 is 0 Å². The number of nitrogens with two attached hydrogens (primary N) is 1. The van der Waals surface area contributed by atoms with Crippen LogP contribution in [0.25, 0.3) is 5.69 Å². The predicted molar refractivity (Wildman–Crippen MR) is 107 cm³/mol. The number of ether oxygens (including phenoxy) is 1. The van der Waals surface area contributed by atoms with Crippen molar-refractivity contribution >= 4 is 21.9 Å². The highest BCUT2D eigenvalue weighted by atomic mass is 32.2. The third-order valence-corrected chi connectivity index (χ3v) is 5.23. The molecule has 6 nitrogen and oxygen atoms in total. The van der Waals surface area contributed by atoms with Gasteiger partial charge in [0.1, 0.15) is 5.75 Å². The van der Waals surface area contributed by atoms with Crippen molar-refractivity contribution in [3.63, 3.8) is 0 Å². The molecular weight excluding hydrogens is 362 g/mol. The lowest BCUT2D eigenvalue weighted by molar-refractivity contribution is 0.415. The summed E-state index contributed by atoms with van der Waals surface area (Å²) < 4.78 is 30.1. The van der Waals surface area contributed by atoms with Crippen LogP contribution in [0.15, 0.2) is 64.5 Å². The largest absolute Gasteiger partial charge is 0.497 e. The standard InChI is InChI=1S/C20H21N3O3S/c1-14-11-16(13-22-17-5-4-6-19(12-17)26-3)15(2)23(14)18-7-9-20(10-8-18)27(21,24)25/h4-13H,1-3H3,(H2,21,24,25). The lowest BCUT2D eigenvalue weighted by atomic mass is 10.2. The molecule has 0 saturated heterocycles. The van der Waals surface area contributed by atoms with Gasteiger partial charge in [0.25, 0.3) is 0 Å². The molecule has 27 heavy (non-hydrogen) atoms. The molecule has 1 heterocycles. The Morgan fingerprint density at radius 3 is 2.41 bits per heavy atom. The molecule has 0 saturated carbocycles. The van der Waals surface area contributed by atoms with Crippen LogP contribution < -0.4 is 9.88 Å². The highest BCUT2D eigenvalue weighted by molar-refractivity contribution is 7.89. The Kier molecular flexibility index (Phi) is 5.16. The van der Waals surface area contributed by atoms with E-state index in [1.54, 1.807) is 19.2 Å². The summed E-state index contributed by atoms with van der Waals surface area (Å²) in [5.41, 5.74) is 4.66. The van der Waals surface area contributed by atoms with E-state index in [-0.39, 0.29) is 4.90 Å². The van der Waals surface area contributed by atoms with Crippen molar-refractivity contribution in [1.29, 1.82) is 0 Å². The second-order valence-electron chi connectivity index (χ2n) is 6.16.